The molecule has 0 fully saturated rings. The molecule has 14 rings (SSSR count). The van der Waals surface area contributed by atoms with Crippen LogP contribution in [0.25, 0.3) is 133 Å². The minimum absolute atomic E-state index is 0.602. The van der Waals surface area contributed by atoms with Crippen LogP contribution in [0.1, 0.15) is 0 Å². The molecule has 0 atom stereocenters. The normalized spacial score (nSPS) is 11.8. The first-order chi connectivity index (χ1) is 33.7. The van der Waals surface area contributed by atoms with Crippen molar-refractivity contribution in [2.75, 3.05) is 0 Å². The van der Waals surface area contributed by atoms with Gasteiger partial charge in [-0.1, -0.05) is 194 Å². The van der Waals surface area contributed by atoms with E-state index in [1.54, 1.807) is 0 Å². The second-order valence-electron chi connectivity index (χ2n) is 17.5. The lowest BCUT2D eigenvalue weighted by Gasteiger charge is -2.17. The molecule has 0 aliphatic carbocycles. The third kappa shape index (κ3) is 5.93. The summed E-state index contributed by atoms with van der Waals surface area (Å²) in [5.74, 6) is 1.84. The predicted octanol–water partition coefficient (Wildman–Crippen LogP) is 16.2. The van der Waals surface area contributed by atoms with Gasteiger partial charge in [-0.15, -0.1) is 0 Å². The molecule has 0 aliphatic rings. The molecule has 5 heteroatoms. The van der Waals surface area contributed by atoms with E-state index in [0.29, 0.717) is 17.5 Å². The minimum Gasteiger partial charge on any atom is -0.309 e. The Bertz CT molecular complexity index is 4230. The Balaban J connectivity index is 1.02. The molecule has 0 aliphatic heterocycles. The first kappa shape index (κ1) is 38.1. The lowest BCUT2D eigenvalue weighted by atomic mass is 9.93. The van der Waals surface area contributed by atoms with E-state index in [-0.39, 0.29) is 0 Å². The van der Waals surface area contributed by atoms with E-state index >= 15 is 0 Å². The van der Waals surface area contributed by atoms with E-state index in [1.807, 2.05) is 18.2 Å². The number of para-hydroxylation sites is 3. The lowest BCUT2D eigenvalue weighted by Crippen LogP contribution is -2.02. The zero-order chi connectivity index (χ0) is 44.7. The summed E-state index contributed by atoms with van der Waals surface area (Å²) < 4.78 is 4.84. The molecule has 0 saturated carbocycles. The molecular formula is C63H39N5. The molecule has 0 bridgehead atoms. The SMILES string of the molecule is c1ccc(-c2nc(-c3ccc(-c4ccccc4)c(-n4c5ccccc5c5ccc(-n6c7ccccc7c7ccccc76)cc54)c3)nc(-c3ccc4c5ccccc5c5ccccc5c4c3)n2)cc1. The molecule has 5 nitrogen and oxygen atoms in total. The Morgan fingerprint density at radius 3 is 1.21 bits per heavy atom. The van der Waals surface area contributed by atoms with Gasteiger partial charge in [-0.3, -0.25) is 0 Å². The van der Waals surface area contributed by atoms with Gasteiger partial charge in [0.25, 0.3) is 0 Å². The Morgan fingerprint density at radius 1 is 0.235 bits per heavy atom. The van der Waals surface area contributed by atoms with Crippen LogP contribution < -0.4 is 0 Å². The molecule has 0 radical (unpaired) electrons. The van der Waals surface area contributed by atoms with E-state index < -0.39 is 0 Å². The third-order valence-corrected chi connectivity index (χ3v) is 13.7. The Labute approximate surface area is 391 Å². The lowest BCUT2D eigenvalue weighted by molar-refractivity contribution is 1.07. The quantitative estimate of drug-likeness (QED) is 0.156. The van der Waals surface area contributed by atoms with Gasteiger partial charge in [0.05, 0.1) is 27.8 Å². The first-order valence-corrected chi connectivity index (χ1v) is 23.1. The fourth-order valence-corrected chi connectivity index (χ4v) is 10.7. The zero-order valence-corrected chi connectivity index (χ0v) is 36.8. The van der Waals surface area contributed by atoms with Crippen molar-refractivity contribution in [1.82, 2.24) is 24.1 Å². The van der Waals surface area contributed by atoms with E-state index in [1.165, 1.54) is 64.9 Å². The van der Waals surface area contributed by atoms with Crippen LogP contribution in [0.2, 0.25) is 0 Å². The maximum atomic E-state index is 5.37. The number of aromatic nitrogens is 5. The highest BCUT2D eigenvalue weighted by Crippen LogP contribution is 2.41. The van der Waals surface area contributed by atoms with Crippen LogP contribution in [0, 0.1) is 0 Å². The second-order valence-corrected chi connectivity index (χ2v) is 17.5. The maximum Gasteiger partial charge on any atom is 0.164 e. The third-order valence-electron chi connectivity index (χ3n) is 13.7. The average Bonchev–Trinajstić information content (AvgIpc) is 3.93. The van der Waals surface area contributed by atoms with E-state index in [0.717, 1.165) is 50.2 Å². The molecule has 0 saturated heterocycles. The van der Waals surface area contributed by atoms with Gasteiger partial charge in [0.2, 0.25) is 0 Å². The Kier molecular flexibility index (Phi) is 8.52. The van der Waals surface area contributed by atoms with Crippen LogP contribution in [0.5, 0.6) is 0 Å². The van der Waals surface area contributed by atoms with Crippen molar-refractivity contribution in [2.24, 2.45) is 0 Å². The summed E-state index contributed by atoms with van der Waals surface area (Å²) in [6, 6.07) is 84.7. The molecule has 11 aromatic carbocycles. The highest BCUT2D eigenvalue weighted by atomic mass is 15.0. The van der Waals surface area contributed by atoms with Crippen molar-refractivity contribution in [3.05, 3.63) is 237 Å². The number of benzene rings is 11. The molecule has 14 aromatic rings. The van der Waals surface area contributed by atoms with Gasteiger partial charge in [0.1, 0.15) is 0 Å². The summed E-state index contributed by atoms with van der Waals surface area (Å²) in [6.07, 6.45) is 0. The first-order valence-electron chi connectivity index (χ1n) is 23.1. The predicted molar refractivity (Wildman–Crippen MR) is 283 cm³/mol. The highest BCUT2D eigenvalue weighted by Gasteiger charge is 2.21. The van der Waals surface area contributed by atoms with Crippen molar-refractivity contribution in [2.45, 2.75) is 0 Å². The molecule has 3 heterocycles. The summed E-state index contributed by atoms with van der Waals surface area (Å²) in [4.78, 5) is 15.9. The standard InChI is InChI=1S/C63H39N5/c1-3-17-40(18-4-1)45-34-31-43(38-59(45)68-58-30-16-13-27-53(58)54-36-33-44(39-60(54)68)67-56-28-14-11-25-51(56)52-26-12-15-29-57(52)67)63-65-61(41-19-5-2-6-20-41)64-62(66-63)42-32-35-50-48-23-8-7-21-46(48)47-22-9-10-24-49(47)55(50)37-42/h1-39H. The molecule has 0 unspecified atom stereocenters. The Morgan fingerprint density at radius 2 is 0.632 bits per heavy atom. The van der Waals surface area contributed by atoms with Crippen molar-refractivity contribution in [3.8, 4) is 56.7 Å². The summed E-state index contributed by atoms with van der Waals surface area (Å²) in [7, 11) is 0. The average molecular weight is 866 g/mol. The highest BCUT2D eigenvalue weighted by molar-refractivity contribution is 6.25. The van der Waals surface area contributed by atoms with Gasteiger partial charge in [0, 0.05) is 49.5 Å². The van der Waals surface area contributed by atoms with Crippen LogP contribution >= 0.6 is 0 Å². The van der Waals surface area contributed by atoms with Crippen molar-refractivity contribution >= 4 is 75.9 Å². The molecule has 0 N–H and O–H groups in total. The Hall–Kier alpha value is -9.19. The summed E-state index contributed by atoms with van der Waals surface area (Å²) in [6.45, 7) is 0. The number of fused-ring (bicyclic) bond motifs is 12. The van der Waals surface area contributed by atoms with Crippen molar-refractivity contribution in [3.63, 3.8) is 0 Å². The molecule has 0 spiro atoms. The second kappa shape index (κ2) is 15.2. The van der Waals surface area contributed by atoms with Crippen LogP contribution in [-0.4, -0.2) is 24.1 Å². The van der Waals surface area contributed by atoms with Crippen LogP contribution in [0.3, 0.4) is 0 Å². The monoisotopic (exact) mass is 865 g/mol. The van der Waals surface area contributed by atoms with Crippen LogP contribution in [-0.2, 0) is 0 Å². The van der Waals surface area contributed by atoms with Crippen LogP contribution in [0.15, 0.2) is 237 Å². The molecular weight excluding hydrogens is 827 g/mol. The molecule has 0 amide bonds. The topological polar surface area (TPSA) is 48.5 Å². The summed E-state index contributed by atoms with van der Waals surface area (Å²) in [5.41, 5.74) is 11.7. The fraction of sp³-hybridized carbons (Fsp3) is 0. The van der Waals surface area contributed by atoms with Crippen molar-refractivity contribution in [1.29, 1.82) is 0 Å². The van der Waals surface area contributed by atoms with Gasteiger partial charge < -0.3 is 9.13 Å². The van der Waals surface area contributed by atoms with Crippen LogP contribution in [0.4, 0.5) is 0 Å². The van der Waals surface area contributed by atoms with Crippen molar-refractivity contribution < 1.29 is 0 Å². The summed E-state index contributed by atoms with van der Waals surface area (Å²) >= 11 is 0. The number of nitrogens with zero attached hydrogens (tertiary/aromatic N) is 5. The number of rotatable bonds is 6. The van der Waals surface area contributed by atoms with Gasteiger partial charge in [-0.05, 0) is 80.3 Å². The molecule has 68 heavy (non-hydrogen) atoms. The van der Waals surface area contributed by atoms with E-state index in [9.17, 15) is 0 Å². The largest absolute Gasteiger partial charge is 0.309 e. The van der Waals surface area contributed by atoms with E-state index in [2.05, 4.69) is 228 Å². The maximum absolute atomic E-state index is 5.37. The molecule has 3 aromatic heterocycles. The van der Waals surface area contributed by atoms with Gasteiger partial charge in [-0.25, -0.2) is 15.0 Å². The number of hydrogen-bond acceptors (Lipinski definition) is 3. The minimum atomic E-state index is 0.602. The van der Waals surface area contributed by atoms with E-state index in [4.69, 9.17) is 15.0 Å². The smallest absolute Gasteiger partial charge is 0.164 e. The van der Waals surface area contributed by atoms with Gasteiger partial charge >= 0.3 is 0 Å². The molecule has 316 valence electrons. The number of hydrogen-bond donors (Lipinski definition) is 0. The zero-order valence-electron chi connectivity index (χ0n) is 36.8. The van der Waals surface area contributed by atoms with Gasteiger partial charge in [0.15, 0.2) is 17.5 Å². The van der Waals surface area contributed by atoms with Gasteiger partial charge in [-0.2, -0.15) is 0 Å². The summed E-state index contributed by atoms with van der Waals surface area (Å²) in [5, 5.41) is 12.1. The fourth-order valence-electron chi connectivity index (χ4n) is 10.7.